The summed E-state index contributed by atoms with van der Waals surface area (Å²) in [4.78, 5) is 6.87. The Morgan fingerprint density at radius 2 is 2.38 bits per heavy atom. The van der Waals surface area contributed by atoms with Crippen LogP contribution in [0.5, 0.6) is 0 Å². The van der Waals surface area contributed by atoms with Crippen molar-refractivity contribution in [3.63, 3.8) is 0 Å². The Kier molecular flexibility index (Phi) is 4.31. The lowest BCUT2D eigenvalue weighted by atomic mass is 9.98. The summed E-state index contributed by atoms with van der Waals surface area (Å²) in [6.45, 7) is 4.35. The fourth-order valence-corrected chi connectivity index (χ4v) is 2.37. The molecule has 0 radical (unpaired) electrons. The quantitative estimate of drug-likeness (QED) is 0.830. The fraction of sp³-hybridized carbons (Fsp3) is 0.615. The highest BCUT2D eigenvalue weighted by atomic mass is 15.1. The zero-order valence-corrected chi connectivity index (χ0v) is 9.81. The molecule has 1 fully saturated rings. The van der Waals surface area contributed by atoms with Gasteiger partial charge < -0.3 is 10.6 Å². The topological polar surface area (TPSA) is 42.1 Å². The Bertz CT molecular complexity index is 299. The van der Waals surface area contributed by atoms with Gasteiger partial charge in [-0.1, -0.05) is 6.07 Å². The van der Waals surface area contributed by atoms with Gasteiger partial charge in [-0.2, -0.15) is 0 Å². The maximum Gasteiger partial charge on any atom is 0.0416 e. The highest BCUT2D eigenvalue weighted by molar-refractivity contribution is 5.03. The van der Waals surface area contributed by atoms with Crippen molar-refractivity contribution in [3.05, 3.63) is 30.1 Å². The van der Waals surface area contributed by atoms with Crippen molar-refractivity contribution in [1.82, 2.24) is 9.88 Å². The molecule has 1 aliphatic heterocycles. The van der Waals surface area contributed by atoms with E-state index in [4.69, 9.17) is 5.73 Å². The molecule has 16 heavy (non-hydrogen) atoms. The second kappa shape index (κ2) is 5.97. The first-order chi connectivity index (χ1) is 7.88. The first-order valence-electron chi connectivity index (χ1n) is 6.21. The van der Waals surface area contributed by atoms with Crippen molar-refractivity contribution in [2.45, 2.75) is 19.3 Å². The van der Waals surface area contributed by atoms with E-state index in [2.05, 4.69) is 22.0 Å². The molecule has 88 valence electrons. The number of pyridine rings is 1. The Morgan fingerprint density at radius 1 is 1.44 bits per heavy atom. The predicted molar refractivity (Wildman–Crippen MR) is 66.2 cm³/mol. The summed E-state index contributed by atoms with van der Waals surface area (Å²) in [5, 5.41) is 0. The van der Waals surface area contributed by atoms with Crippen LogP contribution in [0.2, 0.25) is 0 Å². The van der Waals surface area contributed by atoms with Crippen molar-refractivity contribution in [2.75, 3.05) is 26.2 Å². The number of nitrogens with two attached hydrogens (primary N) is 1. The smallest absolute Gasteiger partial charge is 0.0416 e. The summed E-state index contributed by atoms with van der Waals surface area (Å²) in [6.07, 6.45) is 5.52. The van der Waals surface area contributed by atoms with Crippen LogP contribution in [0.4, 0.5) is 0 Å². The second-order valence-corrected chi connectivity index (χ2v) is 4.62. The van der Waals surface area contributed by atoms with E-state index in [0.29, 0.717) is 5.92 Å². The summed E-state index contributed by atoms with van der Waals surface area (Å²) >= 11 is 0. The van der Waals surface area contributed by atoms with Crippen LogP contribution >= 0.6 is 0 Å². The van der Waals surface area contributed by atoms with Gasteiger partial charge in [0.15, 0.2) is 0 Å². The van der Waals surface area contributed by atoms with E-state index in [9.17, 15) is 0 Å². The standard InChI is InChI=1S/C13H21N3/c14-10-12-4-3-8-16(11-12)9-6-13-5-1-2-7-15-13/h1-2,5,7,12H,3-4,6,8-11,14H2. The number of rotatable bonds is 4. The minimum absolute atomic E-state index is 0.706. The predicted octanol–water partition coefficient (Wildman–Crippen LogP) is 1.29. The van der Waals surface area contributed by atoms with E-state index in [1.165, 1.54) is 31.6 Å². The van der Waals surface area contributed by atoms with Crippen LogP contribution in [0.3, 0.4) is 0 Å². The molecule has 0 aromatic carbocycles. The number of aromatic nitrogens is 1. The van der Waals surface area contributed by atoms with Gasteiger partial charge in [0.2, 0.25) is 0 Å². The Hall–Kier alpha value is -0.930. The molecular weight excluding hydrogens is 198 g/mol. The third-order valence-electron chi connectivity index (χ3n) is 3.35. The molecule has 3 heteroatoms. The van der Waals surface area contributed by atoms with E-state index in [0.717, 1.165) is 19.5 Å². The van der Waals surface area contributed by atoms with Gasteiger partial charge in [0.05, 0.1) is 0 Å². The van der Waals surface area contributed by atoms with Gasteiger partial charge in [0, 0.05) is 31.4 Å². The largest absolute Gasteiger partial charge is 0.330 e. The molecule has 2 heterocycles. The molecule has 1 unspecified atom stereocenters. The average Bonchev–Trinajstić information content (AvgIpc) is 2.38. The van der Waals surface area contributed by atoms with E-state index in [1.54, 1.807) is 0 Å². The van der Waals surface area contributed by atoms with Crippen LogP contribution in [-0.2, 0) is 6.42 Å². The lowest BCUT2D eigenvalue weighted by molar-refractivity contribution is 0.180. The molecule has 1 saturated heterocycles. The maximum absolute atomic E-state index is 5.73. The molecule has 0 saturated carbocycles. The second-order valence-electron chi connectivity index (χ2n) is 4.62. The lowest BCUT2D eigenvalue weighted by Crippen LogP contribution is -2.39. The summed E-state index contributed by atoms with van der Waals surface area (Å²) in [5.41, 5.74) is 6.93. The molecule has 1 aliphatic rings. The summed E-state index contributed by atoms with van der Waals surface area (Å²) in [7, 11) is 0. The first-order valence-corrected chi connectivity index (χ1v) is 6.21. The summed E-state index contributed by atoms with van der Waals surface area (Å²) in [6, 6.07) is 6.13. The highest BCUT2D eigenvalue weighted by Crippen LogP contribution is 2.15. The van der Waals surface area contributed by atoms with Crippen molar-refractivity contribution < 1.29 is 0 Å². The van der Waals surface area contributed by atoms with Crippen molar-refractivity contribution in [3.8, 4) is 0 Å². The molecule has 0 spiro atoms. The van der Waals surface area contributed by atoms with Gasteiger partial charge in [0.1, 0.15) is 0 Å². The molecule has 0 amide bonds. The van der Waals surface area contributed by atoms with Crippen LogP contribution in [0.25, 0.3) is 0 Å². The maximum atomic E-state index is 5.73. The normalized spacial score (nSPS) is 22.2. The van der Waals surface area contributed by atoms with Crippen LogP contribution < -0.4 is 5.73 Å². The van der Waals surface area contributed by atoms with Gasteiger partial charge in [-0.25, -0.2) is 0 Å². The van der Waals surface area contributed by atoms with E-state index in [-0.39, 0.29) is 0 Å². The van der Waals surface area contributed by atoms with Crippen LogP contribution in [0, 0.1) is 5.92 Å². The third kappa shape index (κ3) is 3.29. The third-order valence-corrected chi connectivity index (χ3v) is 3.35. The number of hydrogen-bond acceptors (Lipinski definition) is 3. The minimum atomic E-state index is 0.706. The Labute approximate surface area is 97.7 Å². The number of piperidine rings is 1. The van der Waals surface area contributed by atoms with Gasteiger partial charge >= 0.3 is 0 Å². The van der Waals surface area contributed by atoms with Crippen LogP contribution in [0.1, 0.15) is 18.5 Å². The van der Waals surface area contributed by atoms with Crippen molar-refractivity contribution in [2.24, 2.45) is 11.7 Å². The molecule has 2 N–H and O–H groups in total. The van der Waals surface area contributed by atoms with Gasteiger partial charge in [-0.15, -0.1) is 0 Å². The monoisotopic (exact) mass is 219 g/mol. The zero-order valence-electron chi connectivity index (χ0n) is 9.81. The van der Waals surface area contributed by atoms with Gasteiger partial charge in [0.25, 0.3) is 0 Å². The van der Waals surface area contributed by atoms with Crippen LogP contribution in [0.15, 0.2) is 24.4 Å². The minimum Gasteiger partial charge on any atom is -0.330 e. The molecule has 1 aromatic heterocycles. The average molecular weight is 219 g/mol. The molecule has 1 aromatic rings. The number of hydrogen-bond donors (Lipinski definition) is 1. The lowest BCUT2D eigenvalue weighted by Gasteiger charge is -2.31. The summed E-state index contributed by atoms with van der Waals surface area (Å²) < 4.78 is 0. The van der Waals surface area contributed by atoms with Crippen molar-refractivity contribution >= 4 is 0 Å². The molecule has 2 rings (SSSR count). The van der Waals surface area contributed by atoms with Crippen LogP contribution in [-0.4, -0.2) is 36.1 Å². The van der Waals surface area contributed by atoms with Gasteiger partial charge in [-0.3, -0.25) is 4.98 Å². The Morgan fingerprint density at radius 3 is 3.12 bits per heavy atom. The molecule has 3 nitrogen and oxygen atoms in total. The molecule has 0 aliphatic carbocycles. The number of nitrogens with zero attached hydrogens (tertiary/aromatic N) is 2. The Balaban J connectivity index is 1.77. The highest BCUT2D eigenvalue weighted by Gasteiger charge is 2.18. The number of likely N-dealkylation sites (tertiary alicyclic amines) is 1. The van der Waals surface area contributed by atoms with E-state index in [1.807, 2.05) is 12.3 Å². The van der Waals surface area contributed by atoms with E-state index < -0.39 is 0 Å². The van der Waals surface area contributed by atoms with Gasteiger partial charge in [-0.05, 0) is 44.0 Å². The fourth-order valence-electron chi connectivity index (χ4n) is 2.37. The SMILES string of the molecule is NCC1CCCN(CCc2ccccn2)C1. The first kappa shape index (κ1) is 11.6. The van der Waals surface area contributed by atoms with E-state index >= 15 is 0 Å². The molecule has 0 bridgehead atoms. The van der Waals surface area contributed by atoms with Crippen molar-refractivity contribution in [1.29, 1.82) is 0 Å². The molecular formula is C13H21N3. The summed E-state index contributed by atoms with van der Waals surface area (Å²) in [5.74, 6) is 0.706. The zero-order chi connectivity index (χ0) is 11.2. The molecule has 1 atom stereocenters.